The molecule has 0 aromatic heterocycles. The molecule has 0 aliphatic carbocycles. The molecule has 2 aromatic carbocycles. The molecule has 0 amide bonds. The zero-order valence-corrected chi connectivity index (χ0v) is 14.3. The van der Waals surface area contributed by atoms with Gasteiger partial charge in [0.05, 0.1) is 6.61 Å². The van der Waals surface area contributed by atoms with E-state index in [1.807, 2.05) is 50.2 Å². The van der Waals surface area contributed by atoms with Crippen molar-refractivity contribution in [1.29, 1.82) is 0 Å². The molecular weight excluding hydrogens is 300 g/mol. The highest BCUT2D eigenvalue weighted by molar-refractivity contribution is 6.07. The number of fused-ring (bicyclic) bond motifs is 1. The van der Waals surface area contributed by atoms with Crippen LogP contribution < -0.4 is 9.47 Å². The number of benzene rings is 2. The second-order valence-corrected chi connectivity index (χ2v) is 6.13. The third-order valence-corrected chi connectivity index (χ3v) is 4.08. The van der Waals surface area contributed by atoms with Gasteiger partial charge in [-0.25, -0.2) is 0 Å². The lowest BCUT2D eigenvalue weighted by atomic mass is 10.0. The molecule has 0 saturated heterocycles. The largest absolute Gasteiger partial charge is 0.493 e. The Morgan fingerprint density at radius 1 is 1.29 bits per heavy atom. The van der Waals surface area contributed by atoms with E-state index in [1.165, 1.54) is 0 Å². The van der Waals surface area contributed by atoms with Gasteiger partial charge in [-0.1, -0.05) is 29.8 Å². The first-order chi connectivity index (χ1) is 11.6. The molecule has 124 valence electrons. The summed E-state index contributed by atoms with van der Waals surface area (Å²) in [6.07, 6.45) is 4.47. The van der Waals surface area contributed by atoms with Crippen LogP contribution in [0.25, 0.3) is 6.08 Å². The second kappa shape index (κ2) is 6.91. The van der Waals surface area contributed by atoms with Gasteiger partial charge >= 0.3 is 0 Å². The van der Waals surface area contributed by atoms with Gasteiger partial charge in [0.25, 0.3) is 0 Å². The van der Waals surface area contributed by atoms with E-state index in [4.69, 9.17) is 9.47 Å². The number of rotatable bonds is 5. The number of aryl methyl sites for hydroxylation is 1. The van der Waals surface area contributed by atoms with Crippen molar-refractivity contribution < 1.29 is 14.3 Å². The maximum Gasteiger partial charge on any atom is 0.185 e. The van der Waals surface area contributed by atoms with Crippen LogP contribution in [0.4, 0.5) is 0 Å². The molecule has 3 nitrogen and oxygen atoms in total. The molecular formula is C21H22O3. The maximum absolute atomic E-state index is 12.3. The molecule has 1 aliphatic rings. The van der Waals surface area contributed by atoms with Crippen LogP contribution in [0.2, 0.25) is 0 Å². The average Bonchev–Trinajstić information content (AvgIpc) is 2.92. The van der Waals surface area contributed by atoms with Gasteiger partial charge < -0.3 is 9.47 Å². The Morgan fingerprint density at radius 3 is 2.75 bits per heavy atom. The van der Waals surface area contributed by atoms with E-state index in [2.05, 4.69) is 6.92 Å². The van der Waals surface area contributed by atoms with Crippen LogP contribution in [0.5, 0.6) is 11.5 Å². The highest BCUT2D eigenvalue weighted by Crippen LogP contribution is 2.35. The predicted octanol–water partition coefficient (Wildman–Crippen LogP) is 4.61. The van der Waals surface area contributed by atoms with Gasteiger partial charge in [-0.05, 0) is 45.1 Å². The number of hydrogen-bond acceptors (Lipinski definition) is 3. The fraction of sp³-hybridized carbons (Fsp3) is 0.286. The molecule has 0 N–H and O–H groups in total. The summed E-state index contributed by atoms with van der Waals surface area (Å²) >= 11 is 0. The van der Waals surface area contributed by atoms with Gasteiger partial charge in [-0.2, -0.15) is 0 Å². The van der Waals surface area contributed by atoms with Gasteiger partial charge in [-0.3, -0.25) is 4.79 Å². The fourth-order valence-electron chi connectivity index (χ4n) is 2.85. The second-order valence-electron chi connectivity index (χ2n) is 6.13. The van der Waals surface area contributed by atoms with Crippen LogP contribution in [-0.4, -0.2) is 18.5 Å². The Kier molecular flexibility index (Phi) is 4.70. The van der Waals surface area contributed by atoms with Gasteiger partial charge in [0, 0.05) is 23.1 Å². The van der Waals surface area contributed by atoms with Gasteiger partial charge in [0.15, 0.2) is 5.78 Å². The molecule has 1 heterocycles. The number of hydrogen-bond donors (Lipinski definition) is 0. The summed E-state index contributed by atoms with van der Waals surface area (Å²) < 4.78 is 11.5. The summed E-state index contributed by atoms with van der Waals surface area (Å²) in [5, 5.41) is 0. The van der Waals surface area contributed by atoms with Gasteiger partial charge in [-0.15, -0.1) is 0 Å². The number of carbonyl (C=O) groups excluding carboxylic acids is 1. The highest BCUT2D eigenvalue weighted by Gasteiger charge is 2.21. The Hall–Kier alpha value is -2.55. The maximum atomic E-state index is 12.3. The summed E-state index contributed by atoms with van der Waals surface area (Å²) in [5.74, 6) is 1.66. The van der Waals surface area contributed by atoms with Crippen molar-refractivity contribution in [2.45, 2.75) is 33.3 Å². The van der Waals surface area contributed by atoms with Gasteiger partial charge in [0.1, 0.15) is 17.6 Å². The van der Waals surface area contributed by atoms with Crippen molar-refractivity contribution in [3.05, 3.63) is 64.7 Å². The number of ether oxygens (including phenoxy) is 2. The first-order valence-corrected chi connectivity index (χ1v) is 8.32. The quantitative estimate of drug-likeness (QED) is 0.595. The molecule has 0 unspecified atom stereocenters. The Morgan fingerprint density at radius 2 is 2.04 bits per heavy atom. The monoisotopic (exact) mass is 322 g/mol. The molecule has 3 rings (SSSR count). The fourth-order valence-corrected chi connectivity index (χ4v) is 2.85. The van der Waals surface area contributed by atoms with Crippen molar-refractivity contribution in [2.24, 2.45) is 0 Å². The average molecular weight is 322 g/mol. The first-order valence-electron chi connectivity index (χ1n) is 8.32. The van der Waals surface area contributed by atoms with E-state index < -0.39 is 0 Å². The first kappa shape index (κ1) is 16.3. The van der Waals surface area contributed by atoms with Crippen LogP contribution >= 0.6 is 0 Å². The van der Waals surface area contributed by atoms with Crippen LogP contribution in [-0.2, 0) is 6.42 Å². The molecule has 24 heavy (non-hydrogen) atoms. The lowest BCUT2D eigenvalue weighted by molar-refractivity contribution is 0.104. The van der Waals surface area contributed by atoms with E-state index in [9.17, 15) is 4.79 Å². The Balaban J connectivity index is 1.87. The van der Waals surface area contributed by atoms with Crippen LogP contribution in [0.1, 0.15) is 40.9 Å². The minimum Gasteiger partial charge on any atom is -0.493 e. The van der Waals surface area contributed by atoms with Crippen molar-refractivity contribution >= 4 is 11.9 Å². The molecule has 1 atom stereocenters. The molecule has 0 radical (unpaired) electrons. The lowest BCUT2D eigenvalue weighted by Crippen LogP contribution is -2.05. The molecule has 0 bridgehead atoms. The third kappa shape index (κ3) is 3.51. The summed E-state index contributed by atoms with van der Waals surface area (Å²) in [6.45, 7) is 6.60. The normalized spacial score (nSPS) is 16.0. The zero-order valence-electron chi connectivity index (χ0n) is 14.3. The van der Waals surface area contributed by atoms with E-state index in [0.717, 1.165) is 34.6 Å². The molecule has 0 saturated carbocycles. The molecule has 2 aromatic rings. The predicted molar refractivity (Wildman–Crippen MR) is 95.9 cm³/mol. The molecule has 0 spiro atoms. The van der Waals surface area contributed by atoms with Crippen LogP contribution in [0.15, 0.2) is 42.5 Å². The van der Waals surface area contributed by atoms with E-state index in [0.29, 0.717) is 12.2 Å². The SMILES string of the molecule is CCOc1cc2c(cc1/C=C/C(=O)c1ccc(C)cc1)O[C@@H](C)C2. The summed E-state index contributed by atoms with van der Waals surface area (Å²) in [7, 11) is 0. The van der Waals surface area contributed by atoms with E-state index >= 15 is 0 Å². The van der Waals surface area contributed by atoms with E-state index in [-0.39, 0.29) is 11.9 Å². The standard InChI is InChI=1S/C21H22O3/c1-4-23-20-13-18-11-15(3)24-21(18)12-17(20)9-10-19(22)16-7-5-14(2)6-8-16/h5-10,12-13,15H,4,11H2,1-3H3/b10-9+/t15-/m0/s1. The smallest absolute Gasteiger partial charge is 0.185 e. The topological polar surface area (TPSA) is 35.5 Å². The lowest BCUT2D eigenvalue weighted by Gasteiger charge is -2.10. The summed E-state index contributed by atoms with van der Waals surface area (Å²) in [4.78, 5) is 12.3. The van der Waals surface area contributed by atoms with Crippen molar-refractivity contribution in [3.63, 3.8) is 0 Å². The Labute approximate surface area is 142 Å². The summed E-state index contributed by atoms with van der Waals surface area (Å²) in [5.41, 5.74) is 3.85. The molecule has 3 heteroatoms. The minimum atomic E-state index is -0.0211. The third-order valence-electron chi connectivity index (χ3n) is 4.08. The number of allylic oxidation sites excluding steroid dienone is 1. The van der Waals surface area contributed by atoms with Crippen molar-refractivity contribution in [3.8, 4) is 11.5 Å². The van der Waals surface area contributed by atoms with E-state index in [1.54, 1.807) is 12.2 Å². The highest BCUT2D eigenvalue weighted by atomic mass is 16.5. The molecule has 0 fully saturated rings. The summed E-state index contributed by atoms with van der Waals surface area (Å²) in [6, 6.07) is 11.6. The minimum absolute atomic E-state index is 0.0211. The van der Waals surface area contributed by atoms with Crippen LogP contribution in [0, 0.1) is 6.92 Å². The zero-order chi connectivity index (χ0) is 17.1. The van der Waals surface area contributed by atoms with Gasteiger partial charge in [0.2, 0.25) is 0 Å². The number of ketones is 1. The van der Waals surface area contributed by atoms with Crippen LogP contribution in [0.3, 0.4) is 0 Å². The molecule has 1 aliphatic heterocycles. The van der Waals surface area contributed by atoms with Crippen molar-refractivity contribution in [2.75, 3.05) is 6.61 Å². The Bertz CT molecular complexity index is 772. The number of carbonyl (C=O) groups is 1. The van der Waals surface area contributed by atoms with Crippen molar-refractivity contribution in [1.82, 2.24) is 0 Å².